The van der Waals surface area contributed by atoms with Crippen LogP contribution >= 0.6 is 0 Å². The summed E-state index contributed by atoms with van der Waals surface area (Å²) in [6, 6.07) is 0. The summed E-state index contributed by atoms with van der Waals surface area (Å²) < 4.78 is 42.0. The molecule has 2 unspecified atom stereocenters. The SMILES string of the molecule is CC(C)(C)C1CCOC1C(F)(F)F. The smallest absolute Gasteiger partial charge is 0.368 e. The second kappa shape index (κ2) is 3.15. The van der Waals surface area contributed by atoms with Gasteiger partial charge in [0.2, 0.25) is 0 Å². The van der Waals surface area contributed by atoms with E-state index in [2.05, 4.69) is 0 Å². The molecule has 13 heavy (non-hydrogen) atoms. The zero-order valence-electron chi connectivity index (χ0n) is 8.11. The average Bonchev–Trinajstić information content (AvgIpc) is 2.27. The highest BCUT2D eigenvalue weighted by molar-refractivity contribution is 4.89. The van der Waals surface area contributed by atoms with Gasteiger partial charge in [0.15, 0.2) is 6.10 Å². The maximum atomic E-state index is 12.4. The number of rotatable bonds is 0. The highest BCUT2D eigenvalue weighted by Gasteiger charge is 2.51. The Labute approximate surface area is 76.3 Å². The van der Waals surface area contributed by atoms with Gasteiger partial charge in [-0.2, -0.15) is 13.2 Å². The fourth-order valence-electron chi connectivity index (χ4n) is 1.80. The van der Waals surface area contributed by atoms with Crippen LogP contribution in [0.15, 0.2) is 0 Å². The van der Waals surface area contributed by atoms with Crippen LogP contribution in [0.4, 0.5) is 13.2 Å². The van der Waals surface area contributed by atoms with E-state index in [1.165, 1.54) is 0 Å². The molecular weight excluding hydrogens is 181 g/mol. The Bertz CT molecular complexity index is 160. The summed E-state index contributed by atoms with van der Waals surface area (Å²) in [7, 11) is 0. The lowest BCUT2D eigenvalue weighted by molar-refractivity contribution is -0.223. The standard InChI is InChI=1S/C9H15F3O/c1-8(2,3)6-4-5-13-7(6)9(10,11)12/h6-7H,4-5H2,1-3H3. The van der Waals surface area contributed by atoms with Gasteiger partial charge in [-0.1, -0.05) is 20.8 Å². The third-order valence-electron chi connectivity index (χ3n) is 2.53. The van der Waals surface area contributed by atoms with E-state index in [9.17, 15) is 13.2 Å². The highest BCUT2D eigenvalue weighted by atomic mass is 19.4. The first-order valence-corrected chi connectivity index (χ1v) is 4.41. The fourth-order valence-corrected chi connectivity index (χ4v) is 1.80. The third kappa shape index (κ3) is 2.36. The molecule has 2 atom stereocenters. The van der Waals surface area contributed by atoms with E-state index in [0.29, 0.717) is 6.42 Å². The molecule has 1 heterocycles. The maximum absolute atomic E-state index is 12.4. The molecule has 1 aliphatic heterocycles. The predicted molar refractivity (Wildman–Crippen MR) is 43.4 cm³/mol. The van der Waals surface area contributed by atoms with Crippen molar-refractivity contribution in [2.75, 3.05) is 6.61 Å². The van der Waals surface area contributed by atoms with Gasteiger partial charge in [-0.15, -0.1) is 0 Å². The van der Waals surface area contributed by atoms with Crippen LogP contribution in [0.25, 0.3) is 0 Å². The number of hydrogen-bond acceptors (Lipinski definition) is 1. The maximum Gasteiger partial charge on any atom is 0.414 e. The number of ether oxygens (including phenoxy) is 1. The summed E-state index contributed by atoms with van der Waals surface area (Å²) >= 11 is 0. The summed E-state index contributed by atoms with van der Waals surface area (Å²) in [5.41, 5.74) is -0.337. The van der Waals surface area contributed by atoms with Crippen molar-refractivity contribution in [3.63, 3.8) is 0 Å². The van der Waals surface area contributed by atoms with Crippen molar-refractivity contribution in [1.82, 2.24) is 0 Å². The van der Waals surface area contributed by atoms with Crippen molar-refractivity contribution in [1.29, 1.82) is 0 Å². The zero-order valence-corrected chi connectivity index (χ0v) is 8.11. The average molecular weight is 196 g/mol. The second-order valence-electron chi connectivity index (χ2n) is 4.59. The van der Waals surface area contributed by atoms with E-state index in [1.807, 2.05) is 20.8 Å². The molecule has 0 radical (unpaired) electrons. The van der Waals surface area contributed by atoms with Crippen molar-refractivity contribution in [3.05, 3.63) is 0 Å². The first-order chi connectivity index (χ1) is 5.73. The Kier molecular flexibility index (Phi) is 2.63. The van der Waals surface area contributed by atoms with Crippen LogP contribution in [0.3, 0.4) is 0 Å². The molecule has 4 heteroatoms. The van der Waals surface area contributed by atoms with Gasteiger partial charge < -0.3 is 4.74 Å². The molecular formula is C9H15F3O. The van der Waals surface area contributed by atoms with E-state index >= 15 is 0 Å². The van der Waals surface area contributed by atoms with Gasteiger partial charge in [0.1, 0.15) is 0 Å². The van der Waals surface area contributed by atoms with E-state index in [1.54, 1.807) is 0 Å². The number of halogens is 3. The molecule has 0 aromatic carbocycles. The van der Waals surface area contributed by atoms with Gasteiger partial charge in [0, 0.05) is 12.5 Å². The lowest BCUT2D eigenvalue weighted by Gasteiger charge is -2.31. The van der Waals surface area contributed by atoms with Crippen molar-refractivity contribution in [2.24, 2.45) is 11.3 Å². The zero-order chi connectivity index (χ0) is 10.3. The van der Waals surface area contributed by atoms with Crippen LogP contribution in [0.1, 0.15) is 27.2 Å². The first kappa shape index (κ1) is 10.8. The van der Waals surface area contributed by atoms with Crippen LogP contribution in [0.2, 0.25) is 0 Å². The molecule has 0 saturated carbocycles. The van der Waals surface area contributed by atoms with Crippen molar-refractivity contribution >= 4 is 0 Å². The Hall–Kier alpha value is -0.250. The molecule has 1 saturated heterocycles. The van der Waals surface area contributed by atoms with Gasteiger partial charge in [0.05, 0.1) is 0 Å². The van der Waals surface area contributed by atoms with Gasteiger partial charge in [-0.25, -0.2) is 0 Å². The summed E-state index contributed by atoms with van der Waals surface area (Å²) in [4.78, 5) is 0. The summed E-state index contributed by atoms with van der Waals surface area (Å²) in [6.45, 7) is 5.70. The normalized spacial score (nSPS) is 30.9. The third-order valence-corrected chi connectivity index (χ3v) is 2.53. The molecule has 1 nitrogen and oxygen atoms in total. The Morgan fingerprint density at radius 1 is 1.15 bits per heavy atom. The Morgan fingerprint density at radius 2 is 1.69 bits per heavy atom. The van der Waals surface area contributed by atoms with Crippen LogP contribution in [0, 0.1) is 11.3 Å². The topological polar surface area (TPSA) is 9.23 Å². The predicted octanol–water partition coefficient (Wildman–Crippen LogP) is 3.00. The minimum absolute atomic E-state index is 0.228. The quantitative estimate of drug-likeness (QED) is 0.578. The van der Waals surface area contributed by atoms with Gasteiger partial charge >= 0.3 is 6.18 Å². The molecule has 0 amide bonds. The summed E-state index contributed by atoms with van der Waals surface area (Å²) in [5.74, 6) is -0.410. The molecule has 0 N–H and O–H groups in total. The first-order valence-electron chi connectivity index (χ1n) is 4.41. The number of hydrogen-bond donors (Lipinski definition) is 0. The molecule has 1 rings (SSSR count). The van der Waals surface area contributed by atoms with Gasteiger partial charge in [-0.3, -0.25) is 0 Å². The van der Waals surface area contributed by atoms with Crippen molar-refractivity contribution in [2.45, 2.75) is 39.5 Å². The molecule has 0 aromatic heterocycles. The summed E-state index contributed by atoms with van der Waals surface area (Å²) in [5, 5.41) is 0. The molecule has 0 spiro atoms. The van der Waals surface area contributed by atoms with E-state index in [4.69, 9.17) is 4.74 Å². The van der Waals surface area contributed by atoms with Crippen molar-refractivity contribution < 1.29 is 17.9 Å². The minimum atomic E-state index is -4.21. The van der Waals surface area contributed by atoms with E-state index in [-0.39, 0.29) is 12.0 Å². The lowest BCUT2D eigenvalue weighted by Crippen LogP contribution is -2.39. The largest absolute Gasteiger partial charge is 0.414 e. The molecule has 0 aliphatic carbocycles. The monoisotopic (exact) mass is 196 g/mol. The molecule has 1 aliphatic rings. The van der Waals surface area contributed by atoms with Crippen LogP contribution in [0.5, 0.6) is 0 Å². The van der Waals surface area contributed by atoms with Crippen molar-refractivity contribution in [3.8, 4) is 0 Å². The van der Waals surface area contributed by atoms with Gasteiger partial charge in [0.25, 0.3) is 0 Å². The van der Waals surface area contributed by atoms with Crippen LogP contribution < -0.4 is 0 Å². The van der Waals surface area contributed by atoms with Gasteiger partial charge in [-0.05, 0) is 11.8 Å². The molecule has 0 aromatic rings. The lowest BCUT2D eigenvalue weighted by atomic mass is 9.76. The fraction of sp³-hybridized carbons (Fsp3) is 1.00. The summed E-state index contributed by atoms with van der Waals surface area (Å²) in [6.07, 6.45) is -5.27. The molecule has 0 bridgehead atoms. The van der Waals surface area contributed by atoms with E-state index < -0.39 is 18.2 Å². The second-order valence-corrected chi connectivity index (χ2v) is 4.59. The van der Waals surface area contributed by atoms with E-state index in [0.717, 1.165) is 0 Å². The number of alkyl halides is 3. The molecule has 1 fully saturated rings. The van der Waals surface area contributed by atoms with Crippen LogP contribution in [-0.2, 0) is 4.74 Å². The molecule has 78 valence electrons. The highest BCUT2D eigenvalue weighted by Crippen LogP contribution is 2.43. The Balaban J connectivity index is 2.76. The van der Waals surface area contributed by atoms with Crippen LogP contribution in [-0.4, -0.2) is 18.9 Å². The minimum Gasteiger partial charge on any atom is -0.368 e. The Morgan fingerprint density at radius 3 is 2.00 bits per heavy atom.